The number of nitrogens with zero attached hydrogens (tertiary/aromatic N) is 1. The van der Waals surface area contributed by atoms with Crippen molar-refractivity contribution in [2.24, 2.45) is 11.7 Å². The van der Waals surface area contributed by atoms with Crippen LogP contribution in [0.3, 0.4) is 0 Å². The van der Waals surface area contributed by atoms with E-state index in [0.29, 0.717) is 11.8 Å². The number of carbonyl (C=O) groups is 1. The summed E-state index contributed by atoms with van der Waals surface area (Å²) in [5, 5.41) is 41.5. The molecular formula is C23H28N2O8. The number of likely N-dealkylation sites (N-methyl/N-ethyl adjacent to an activating group) is 1. The first-order valence-corrected chi connectivity index (χ1v) is 11.3. The molecule has 2 bridgehead atoms. The summed E-state index contributed by atoms with van der Waals surface area (Å²) in [6.07, 6.45) is -3.63. The van der Waals surface area contributed by atoms with Crippen molar-refractivity contribution >= 4 is 5.91 Å². The summed E-state index contributed by atoms with van der Waals surface area (Å²) in [7, 11) is 2.13. The molecule has 2 aliphatic carbocycles. The number of hydrogen-bond acceptors (Lipinski definition) is 9. The Labute approximate surface area is 190 Å². The minimum Gasteiger partial charge on any atom is -0.482 e. The first-order chi connectivity index (χ1) is 15.7. The van der Waals surface area contributed by atoms with Crippen molar-refractivity contribution in [3.63, 3.8) is 0 Å². The van der Waals surface area contributed by atoms with Gasteiger partial charge in [-0.3, -0.25) is 4.79 Å². The number of primary amides is 1. The molecular weight excluding hydrogens is 432 g/mol. The van der Waals surface area contributed by atoms with Crippen molar-refractivity contribution in [1.29, 1.82) is 0 Å². The lowest BCUT2D eigenvalue weighted by atomic mass is 9.53. The third-order valence-corrected chi connectivity index (χ3v) is 8.23. The monoisotopic (exact) mass is 460 g/mol. The van der Waals surface area contributed by atoms with Crippen LogP contribution in [0.2, 0.25) is 0 Å². The van der Waals surface area contributed by atoms with Gasteiger partial charge in [0, 0.05) is 22.9 Å². The fourth-order valence-electron chi connectivity index (χ4n) is 6.63. The van der Waals surface area contributed by atoms with Crippen molar-refractivity contribution in [3.8, 4) is 11.5 Å². The lowest BCUT2D eigenvalue weighted by molar-refractivity contribution is -0.266. The summed E-state index contributed by atoms with van der Waals surface area (Å²) >= 11 is 0. The predicted octanol–water partition coefficient (Wildman–Crippen LogP) is -1.84. The maximum absolute atomic E-state index is 11.7. The van der Waals surface area contributed by atoms with E-state index in [2.05, 4.69) is 18.0 Å². The Bertz CT molecular complexity index is 1030. The second-order valence-corrected chi connectivity index (χ2v) is 9.83. The predicted molar refractivity (Wildman–Crippen MR) is 112 cm³/mol. The fourth-order valence-corrected chi connectivity index (χ4v) is 6.63. The van der Waals surface area contributed by atoms with Crippen molar-refractivity contribution in [2.45, 2.75) is 67.2 Å². The maximum Gasteiger partial charge on any atom is 0.249 e. The summed E-state index contributed by atoms with van der Waals surface area (Å²) in [6.45, 7) is 0.875. The number of rotatable bonds is 3. The first-order valence-electron chi connectivity index (χ1n) is 11.3. The number of carbonyl (C=O) groups excluding carboxylic acids is 1. The number of amides is 1. The molecule has 5 aliphatic rings. The molecule has 178 valence electrons. The summed E-state index contributed by atoms with van der Waals surface area (Å²) in [4.78, 5) is 14.0. The van der Waals surface area contributed by atoms with Gasteiger partial charge >= 0.3 is 0 Å². The molecule has 10 atom stereocenters. The Morgan fingerprint density at radius 1 is 1.18 bits per heavy atom. The molecule has 3 heterocycles. The van der Waals surface area contributed by atoms with Gasteiger partial charge in [0.15, 0.2) is 17.6 Å². The van der Waals surface area contributed by atoms with Crippen LogP contribution in [0.15, 0.2) is 24.3 Å². The van der Waals surface area contributed by atoms with E-state index in [1.54, 1.807) is 12.1 Å². The van der Waals surface area contributed by atoms with Crippen LogP contribution in [-0.2, 0) is 21.4 Å². The molecule has 10 heteroatoms. The van der Waals surface area contributed by atoms with Gasteiger partial charge < -0.3 is 45.3 Å². The van der Waals surface area contributed by atoms with Crippen LogP contribution in [0.1, 0.15) is 17.5 Å². The highest BCUT2D eigenvalue weighted by atomic mass is 16.7. The molecule has 1 aromatic carbocycles. The van der Waals surface area contributed by atoms with Crippen LogP contribution < -0.4 is 15.2 Å². The molecule has 0 radical (unpaired) electrons. The van der Waals surface area contributed by atoms with Crippen LogP contribution in [0, 0.1) is 5.92 Å². The average Bonchev–Trinajstić information content (AvgIpc) is 3.14. The highest BCUT2D eigenvalue weighted by molar-refractivity contribution is 5.79. The number of benzene rings is 1. The Kier molecular flexibility index (Phi) is 4.62. The van der Waals surface area contributed by atoms with Crippen LogP contribution in [0.5, 0.6) is 11.5 Å². The number of aliphatic hydroxyl groups is 4. The minimum atomic E-state index is -1.68. The van der Waals surface area contributed by atoms with Gasteiger partial charge in [0.2, 0.25) is 12.2 Å². The second-order valence-electron chi connectivity index (χ2n) is 9.83. The summed E-state index contributed by atoms with van der Waals surface area (Å²) in [5.41, 5.74) is 7.04. The number of likely N-dealkylation sites (tertiary alicyclic amines) is 1. The molecule has 1 amide bonds. The van der Waals surface area contributed by atoms with E-state index >= 15 is 0 Å². The van der Waals surface area contributed by atoms with Crippen molar-refractivity contribution in [2.75, 3.05) is 13.6 Å². The zero-order valence-electron chi connectivity index (χ0n) is 18.1. The van der Waals surface area contributed by atoms with Crippen LogP contribution in [-0.4, -0.2) is 93.8 Å². The van der Waals surface area contributed by atoms with Gasteiger partial charge in [0.25, 0.3) is 0 Å². The highest BCUT2D eigenvalue weighted by Crippen LogP contribution is 2.62. The Morgan fingerprint density at radius 2 is 1.97 bits per heavy atom. The molecule has 6 N–H and O–H groups in total. The normalized spacial score (nSPS) is 45.3. The lowest BCUT2D eigenvalue weighted by Crippen LogP contribution is -2.64. The van der Waals surface area contributed by atoms with Gasteiger partial charge in [0.05, 0.1) is 0 Å². The zero-order valence-corrected chi connectivity index (χ0v) is 18.1. The summed E-state index contributed by atoms with van der Waals surface area (Å²) in [6, 6.07) is 3.97. The topological polar surface area (TPSA) is 155 Å². The van der Waals surface area contributed by atoms with E-state index in [1.165, 1.54) is 0 Å². The number of hydrogen-bond donors (Lipinski definition) is 5. The van der Waals surface area contributed by atoms with Crippen LogP contribution in [0.25, 0.3) is 0 Å². The summed E-state index contributed by atoms with van der Waals surface area (Å²) < 4.78 is 17.7. The second kappa shape index (κ2) is 7.14. The quantitative estimate of drug-likeness (QED) is 0.327. The minimum absolute atomic E-state index is 0.182. The number of piperidine rings is 1. The van der Waals surface area contributed by atoms with Gasteiger partial charge in [-0.1, -0.05) is 18.2 Å². The highest BCUT2D eigenvalue weighted by Gasteiger charge is 2.64. The molecule has 2 saturated heterocycles. The molecule has 5 unspecified atom stereocenters. The number of nitrogens with two attached hydrogens (primary N) is 1. The smallest absolute Gasteiger partial charge is 0.249 e. The zero-order chi connectivity index (χ0) is 23.2. The van der Waals surface area contributed by atoms with Crippen molar-refractivity contribution < 1.29 is 39.4 Å². The van der Waals surface area contributed by atoms with E-state index < -0.39 is 48.8 Å². The first kappa shape index (κ1) is 21.3. The van der Waals surface area contributed by atoms with Crippen molar-refractivity contribution in [3.05, 3.63) is 35.4 Å². The van der Waals surface area contributed by atoms with Gasteiger partial charge in [-0.2, -0.15) is 0 Å². The Morgan fingerprint density at radius 3 is 2.73 bits per heavy atom. The van der Waals surface area contributed by atoms with E-state index in [4.69, 9.17) is 19.9 Å². The van der Waals surface area contributed by atoms with Gasteiger partial charge in [0.1, 0.15) is 30.5 Å². The van der Waals surface area contributed by atoms with Crippen LogP contribution in [0.4, 0.5) is 0 Å². The molecule has 2 fully saturated rings. The Hall–Kier alpha value is -2.21. The molecule has 0 aromatic heterocycles. The average molecular weight is 460 g/mol. The number of ether oxygens (including phenoxy) is 3. The van der Waals surface area contributed by atoms with E-state index in [0.717, 1.165) is 30.5 Å². The number of aliphatic hydroxyl groups excluding tert-OH is 4. The maximum atomic E-state index is 11.7. The molecule has 1 aromatic rings. The molecule has 10 nitrogen and oxygen atoms in total. The standard InChI is InChI=1S/C23H28N2O8/c1-25-7-6-23-10-3-4-12(26)20(23)32-18-13(5-2-9(14(18)23)8-11(10)25)31-22-17(29)15(27)16(28)19(33-22)21(24)30/h2-5,10-12,15-17,19-20,22,26-29H,6-8H2,1H3,(H2,24,30)/t10-,11+,12-,15?,16?,17?,19?,20-,22?,23-/m0/s1. The molecule has 33 heavy (non-hydrogen) atoms. The third-order valence-electron chi connectivity index (χ3n) is 8.23. The molecule has 6 rings (SSSR count). The third kappa shape index (κ3) is 2.73. The summed E-state index contributed by atoms with van der Waals surface area (Å²) in [5.74, 6) is -0.0361. The van der Waals surface area contributed by atoms with E-state index in [-0.39, 0.29) is 17.1 Å². The van der Waals surface area contributed by atoms with Gasteiger partial charge in [-0.25, -0.2) is 0 Å². The van der Waals surface area contributed by atoms with Gasteiger partial charge in [-0.05, 0) is 38.1 Å². The van der Waals surface area contributed by atoms with Crippen molar-refractivity contribution in [1.82, 2.24) is 4.90 Å². The SMILES string of the molecule is CN1CC[C@]23c4c5ccc(OC6OC(C(N)=O)C(O)C(O)C6O)c4O[C@H]2[C@@H](O)C=C[C@H]3[C@H]1C5. The molecule has 0 saturated carbocycles. The van der Waals surface area contributed by atoms with Crippen LogP contribution >= 0.6 is 0 Å². The lowest BCUT2D eigenvalue weighted by Gasteiger charge is -2.56. The molecule has 1 spiro atoms. The van der Waals surface area contributed by atoms with Gasteiger partial charge in [-0.15, -0.1) is 0 Å². The fraction of sp³-hybridized carbons (Fsp3) is 0.609. The van der Waals surface area contributed by atoms with E-state index in [1.807, 2.05) is 6.07 Å². The van der Waals surface area contributed by atoms with E-state index in [9.17, 15) is 25.2 Å². The largest absolute Gasteiger partial charge is 0.482 e. The Balaban J connectivity index is 1.41. The molecule has 3 aliphatic heterocycles.